The average Bonchev–Trinajstić information content (AvgIpc) is 3.04. The van der Waals surface area contributed by atoms with E-state index in [1.54, 1.807) is 0 Å². The largest absolute Gasteiger partial charge is 0.287 e. The van der Waals surface area contributed by atoms with Crippen molar-refractivity contribution in [3.8, 4) is 0 Å². The van der Waals surface area contributed by atoms with Gasteiger partial charge in [0.25, 0.3) is 0 Å². The first-order chi connectivity index (χ1) is 11.6. The first kappa shape index (κ1) is 14.1. The number of hydrogen-bond donors (Lipinski definition) is 0. The third-order valence-electron chi connectivity index (χ3n) is 3.52. The van der Waals surface area contributed by atoms with Crippen LogP contribution in [0.2, 0.25) is 0 Å². The summed E-state index contributed by atoms with van der Waals surface area (Å²) in [4.78, 5) is 29.5. The first-order valence-electron chi connectivity index (χ1n) is 6.94. The van der Waals surface area contributed by atoms with Crippen molar-refractivity contribution in [3.05, 3.63) is 76.6 Å². The molecule has 0 amide bonds. The maximum Gasteiger partial charge on any atom is 0.218 e. The number of fused-ring (bicyclic) bond motifs is 2. The van der Waals surface area contributed by atoms with Crippen molar-refractivity contribution in [1.29, 1.82) is 0 Å². The zero-order valence-corrected chi connectivity index (χ0v) is 12.0. The van der Waals surface area contributed by atoms with Crippen LogP contribution in [-0.4, -0.2) is 37.9 Å². The molecular formula is C16H8FN5O2. The Labute approximate surface area is 134 Å². The standard InChI is InChI=1S/C16H8FN5O2/c17-10-3-1-9(2-4-10)7-19-22-20-13-14(21-22)16(24)12-8-18-6-5-11(12)15(13)23/h1-8H/b19-7+. The van der Waals surface area contributed by atoms with Crippen LogP contribution in [0.4, 0.5) is 4.39 Å². The minimum atomic E-state index is -0.420. The number of nitrogens with zero attached hydrogens (tertiary/aromatic N) is 5. The Balaban J connectivity index is 1.71. The van der Waals surface area contributed by atoms with E-state index >= 15 is 0 Å². The van der Waals surface area contributed by atoms with Gasteiger partial charge < -0.3 is 0 Å². The lowest BCUT2D eigenvalue weighted by atomic mass is 9.92. The number of benzene rings is 1. The molecule has 116 valence electrons. The van der Waals surface area contributed by atoms with E-state index in [1.165, 1.54) is 48.9 Å². The van der Waals surface area contributed by atoms with Gasteiger partial charge >= 0.3 is 0 Å². The predicted octanol–water partition coefficient (Wildman–Crippen LogP) is 1.47. The van der Waals surface area contributed by atoms with E-state index < -0.39 is 11.6 Å². The Morgan fingerprint density at radius 2 is 1.62 bits per heavy atom. The molecule has 2 heterocycles. The molecule has 24 heavy (non-hydrogen) atoms. The molecule has 0 radical (unpaired) electrons. The molecule has 0 saturated carbocycles. The monoisotopic (exact) mass is 321 g/mol. The van der Waals surface area contributed by atoms with Crippen molar-refractivity contribution in [1.82, 2.24) is 20.1 Å². The molecule has 1 aromatic carbocycles. The van der Waals surface area contributed by atoms with Gasteiger partial charge in [-0.15, -0.1) is 15.3 Å². The third kappa shape index (κ3) is 2.21. The van der Waals surface area contributed by atoms with Gasteiger partial charge in [-0.05, 0) is 23.8 Å². The molecular weight excluding hydrogens is 313 g/mol. The van der Waals surface area contributed by atoms with Crippen molar-refractivity contribution in [2.24, 2.45) is 5.10 Å². The van der Waals surface area contributed by atoms with Crippen molar-refractivity contribution in [2.45, 2.75) is 0 Å². The minimum Gasteiger partial charge on any atom is -0.287 e. The van der Waals surface area contributed by atoms with Crippen LogP contribution in [0.25, 0.3) is 0 Å². The van der Waals surface area contributed by atoms with Gasteiger partial charge in [0, 0.05) is 18.0 Å². The number of hydrogen-bond acceptors (Lipinski definition) is 6. The van der Waals surface area contributed by atoms with Crippen LogP contribution in [-0.2, 0) is 0 Å². The van der Waals surface area contributed by atoms with Gasteiger partial charge in [-0.1, -0.05) is 17.0 Å². The molecule has 0 fully saturated rings. The molecule has 0 saturated heterocycles. The molecule has 1 aliphatic carbocycles. The quantitative estimate of drug-likeness (QED) is 0.522. The van der Waals surface area contributed by atoms with Crippen LogP contribution < -0.4 is 0 Å². The predicted molar refractivity (Wildman–Crippen MR) is 80.5 cm³/mol. The van der Waals surface area contributed by atoms with Gasteiger partial charge in [0.2, 0.25) is 11.6 Å². The van der Waals surface area contributed by atoms with Gasteiger partial charge in [-0.3, -0.25) is 14.6 Å². The van der Waals surface area contributed by atoms with Crippen molar-refractivity contribution >= 4 is 17.8 Å². The maximum atomic E-state index is 12.9. The van der Waals surface area contributed by atoms with Crippen LogP contribution in [0, 0.1) is 5.82 Å². The number of aromatic nitrogens is 4. The average molecular weight is 321 g/mol. The molecule has 4 rings (SSSR count). The first-order valence-corrected chi connectivity index (χ1v) is 6.94. The third-order valence-corrected chi connectivity index (χ3v) is 3.52. The lowest BCUT2D eigenvalue weighted by Crippen LogP contribution is -2.20. The summed E-state index contributed by atoms with van der Waals surface area (Å²) < 4.78 is 12.9. The highest BCUT2D eigenvalue weighted by molar-refractivity contribution is 6.26. The number of halogens is 1. The van der Waals surface area contributed by atoms with E-state index in [0.717, 1.165) is 4.91 Å². The van der Waals surface area contributed by atoms with E-state index in [0.29, 0.717) is 5.56 Å². The number of pyridine rings is 1. The van der Waals surface area contributed by atoms with Crippen molar-refractivity contribution in [2.75, 3.05) is 0 Å². The molecule has 0 aliphatic heterocycles. The van der Waals surface area contributed by atoms with Gasteiger partial charge in [-0.2, -0.15) is 0 Å². The SMILES string of the molecule is O=C1c2ccncc2C(=O)c2nn(/N=C/c3ccc(F)cc3)nc21. The molecule has 0 atom stereocenters. The molecule has 7 nitrogen and oxygen atoms in total. The second-order valence-corrected chi connectivity index (χ2v) is 5.04. The highest BCUT2D eigenvalue weighted by atomic mass is 19.1. The van der Waals surface area contributed by atoms with E-state index in [2.05, 4.69) is 20.3 Å². The molecule has 0 bridgehead atoms. The van der Waals surface area contributed by atoms with Crippen LogP contribution in [0.3, 0.4) is 0 Å². The molecule has 0 spiro atoms. The van der Waals surface area contributed by atoms with E-state index in [4.69, 9.17) is 0 Å². The molecule has 0 unspecified atom stereocenters. The van der Waals surface area contributed by atoms with Crippen LogP contribution in [0.15, 0.2) is 47.8 Å². The lowest BCUT2D eigenvalue weighted by molar-refractivity contribution is 0.0973. The second kappa shape index (κ2) is 5.27. The fourth-order valence-electron chi connectivity index (χ4n) is 2.35. The van der Waals surface area contributed by atoms with Gasteiger partial charge in [0.1, 0.15) is 5.82 Å². The molecule has 3 aromatic rings. The second-order valence-electron chi connectivity index (χ2n) is 5.04. The molecule has 1 aliphatic rings. The number of carbonyl (C=O) groups excluding carboxylic acids is 2. The summed E-state index contributed by atoms with van der Waals surface area (Å²) in [7, 11) is 0. The van der Waals surface area contributed by atoms with E-state index in [9.17, 15) is 14.0 Å². The van der Waals surface area contributed by atoms with Gasteiger partial charge in [0.15, 0.2) is 11.4 Å². The molecule has 2 aromatic heterocycles. The van der Waals surface area contributed by atoms with Crippen molar-refractivity contribution < 1.29 is 14.0 Å². The summed E-state index contributed by atoms with van der Waals surface area (Å²) in [6.45, 7) is 0. The Bertz CT molecular complexity index is 955. The van der Waals surface area contributed by atoms with E-state index in [-0.39, 0.29) is 28.3 Å². The maximum absolute atomic E-state index is 12.9. The highest BCUT2D eigenvalue weighted by Crippen LogP contribution is 2.23. The Morgan fingerprint density at radius 3 is 2.33 bits per heavy atom. The number of ketones is 2. The summed E-state index contributed by atoms with van der Waals surface area (Å²) in [6.07, 6.45) is 4.17. The minimum absolute atomic E-state index is 0.0463. The lowest BCUT2D eigenvalue weighted by Gasteiger charge is -2.09. The van der Waals surface area contributed by atoms with Gasteiger partial charge in [-0.25, -0.2) is 4.39 Å². The molecule has 8 heteroatoms. The summed E-state index contributed by atoms with van der Waals surface area (Å²) in [5.74, 6) is -1.18. The van der Waals surface area contributed by atoms with Crippen LogP contribution in [0.1, 0.15) is 37.7 Å². The zero-order chi connectivity index (χ0) is 16.7. The van der Waals surface area contributed by atoms with Gasteiger partial charge in [0.05, 0.1) is 11.8 Å². The smallest absolute Gasteiger partial charge is 0.218 e. The summed E-state index contributed by atoms with van der Waals surface area (Å²) in [6, 6.07) is 7.11. The number of carbonyl (C=O) groups is 2. The summed E-state index contributed by atoms with van der Waals surface area (Å²) in [5, 5.41) is 11.9. The van der Waals surface area contributed by atoms with Crippen molar-refractivity contribution in [3.63, 3.8) is 0 Å². The molecule has 0 N–H and O–H groups in total. The fraction of sp³-hybridized carbons (Fsp3) is 0. The summed E-state index contributed by atoms with van der Waals surface area (Å²) in [5.41, 5.74) is 0.963. The topological polar surface area (TPSA) is 90.1 Å². The van der Waals surface area contributed by atoms with Crippen LogP contribution >= 0.6 is 0 Å². The number of rotatable bonds is 2. The normalized spacial score (nSPS) is 13.2. The Morgan fingerprint density at radius 1 is 0.958 bits per heavy atom. The summed E-state index contributed by atoms with van der Waals surface area (Å²) >= 11 is 0. The van der Waals surface area contributed by atoms with Crippen LogP contribution in [0.5, 0.6) is 0 Å². The van der Waals surface area contributed by atoms with E-state index in [1.807, 2.05) is 0 Å². The Kier molecular flexibility index (Phi) is 3.09. The fourth-order valence-corrected chi connectivity index (χ4v) is 2.35. The Hall–Kier alpha value is -3.55. The highest BCUT2D eigenvalue weighted by Gasteiger charge is 2.34. The zero-order valence-electron chi connectivity index (χ0n) is 12.0.